The molecule has 0 unspecified atom stereocenters. The van der Waals surface area contributed by atoms with Crippen LogP contribution in [-0.4, -0.2) is 37.2 Å². The summed E-state index contributed by atoms with van der Waals surface area (Å²) >= 11 is 0.433. The molecule has 0 aliphatic rings. The largest absolute Gasteiger partial charge is 0.329 e. The van der Waals surface area contributed by atoms with E-state index in [0.717, 1.165) is 11.0 Å². The second-order valence-electron chi connectivity index (χ2n) is 2.21. The van der Waals surface area contributed by atoms with Gasteiger partial charge < -0.3 is 9.97 Å². The molecule has 1 aromatic heterocycles. The molecule has 0 bridgehead atoms. The first kappa shape index (κ1) is 9.56. The number of H-pyrrole nitrogens is 2. The lowest BCUT2D eigenvalue weighted by Gasteiger charge is -1.82. The maximum atomic E-state index is 10.4. The number of aromatic nitrogens is 2. The number of aromatic amines is 2. The number of fused-ring (bicyclic) bond motifs is 1. The molecule has 0 saturated carbocycles. The average molecular weight is 191 g/mol. The summed E-state index contributed by atoms with van der Waals surface area (Å²) in [6.45, 7) is 0. The van der Waals surface area contributed by atoms with E-state index < -0.39 is 0 Å². The normalized spacial score (nSPS) is 9.33. The molecule has 1 aromatic carbocycles. The predicted octanol–water partition coefficient (Wildman–Crippen LogP) is 0.860. The van der Waals surface area contributed by atoms with E-state index in [1.807, 2.05) is 24.3 Å². The van der Waals surface area contributed by atoms with Gasteiger partial charge in [-0.05, 0) is 12.1 Å². The van der Waals surface area contributed by atoms with Crippen LogP contribution in [0.2, 0.25) is 0 Å². The van der Waals surface area contributed by atoms with Gasteiger partial charge in [-0.3, -0.25) is 0 Å². The highest BCUT2D eigenvalue weighted by Gasteiger charge is 1.91. The van der Waals surface area contributed by atoms with Gasteiger partial charge in [-0.2, -0.15) is 0 Å². The Morgan fingerprint density at radius 3 is 2.00 bits per heavy atom. The van der Waals surface area contributed by atoms with Crippen molar-refractivity contribution < 1.29 is 4.21 Å². The van der Waals surface area contributed by atoms with Gasteiger partial charge in [-0.25, -0.2) is 4.21 Å². The average Bonchev–Trinajstić information content (AvgIpc) is 2.46. The summed E-state index contributed by atoms with van der Waals surface area (Å²) in [6, 6.07) is 7.69. The molecule has 1 heterocycles. The van der Waals surface area contributed by atoms with E-state index in [0.29, 0.717) is 16.0 Å². The van der Waals surface area contributed by atoms with Crippen molar-refractivity contribution in [2.75, 3.05) is 0 Å². The quantitative estimate of drug-likeness (QED) is 0.470. The smallest absolute Gasteiger partial charge is 0.205 e. The van der Waals surface area contributed by atoms with Gasteiger partial charge in [-0.1, -0.05) is 12.1 Å². The van der Waals surface area contributed by atoms with Crippen molar-refractivity contribution >= 4 is 45.3 Å². The molecule has 0 aliphatic carbocycles. The zero-order chi connectivity index (χ0) is 7.68. The van der Waals surface area contributed by atoms with Crippen LogP contribution in [-0.2, 0) is 11.3 Å². The van der Waals surface area contributed by atoms with Crippen LogP contribution in [0.3, 0.4) is 0 Å². The number of nitrogens with one attached hydrogen (secondary N) is 2. The molecule has 0 fully saturated rings. The fourth-order valence-corrected chi connectivity index (χ4v) is 1.32. The Hall–Kier alpha value is -0.524. The second-order valence-corrected chi connectivity index (χ2v) is 2.78. The molecule has 0 saturated heterocycles. The van der Waals surface area contributed by atoms with Gasteiger partial charge in [0, 0.05) is 23.1 Å². The number of rotatable bonds is 0. The number of benzene rings is 1. The second kappa shape index (κ2) is 3.93. The highest BCUT2D eigenvalue weighted by molar-refractivity contribution is 7.56. The Morgan fingerprint density at radius 2 is 1.58 bits per heavy atom. The Labute approximate surface area is 88.4 Å². The van der Waals surface area contributed by atoms with Gasteiger partial charge in [-0.15, -0.1) is 0 Å². The maximum Gasteiger partial charge on any atom is 0.205 e. The molecular formula is C7H6MgN2OS. The third-order valence-electron chi connectivity index (χ3n) is 1.51. The topological polar surface area (TPSA) is 48.6 Å². The fraction of sp³-hybridized carbons (Fsp3) is 0. The molecular weight excluding hydrogens is 184 g/mol. The van der Waals surface area contributed by atoms with E-state index >= 15 is 0 Å². The van der Waals surface area contributed by atoms with Crippen LogP contribution in [0.4, 0.5) is 0 Å². The zero-order valence-corrected chi connectivity index (χ0v) is 8.56. The van der Waals surface area contributed by atoms with Crippen molar-refractivity contribution in [3.05, 3.63) is 29.0 Å². The molecule has 2 rings (SSSR count). The third kappa shape index (κ3) is 1.62. The van der Waals surface area contributed by atoms with E-state index in [1.54, 1.807) is 0 Å². The number of para-hydroxylation sites is 2. The fourth-order valence-electron chi connectivity index (χ4n) is 1.02. The van der Waals surface area contributed by atoms with E-state index in [4.69, 9.17) is 0 Å². The summed E-state index contributed by atoms with van der Waals surface area (Å²) in [5.74, 6) is 0. The Kier molecular flexibility index (Phi) is 3.13. The molecule has 2 aromatic rings. The number of imidazole rings is 1. The van der Waals surface area contributed by atoms with Crippen molar-refractivity contribution in [3.63, 3.8) is 0 Å². The van der Waals surface area contributed by atoms with Crippen molar-refractivity contribution in [3.8, 4) is 0 Å². The Bertz CT molecular complexity index is 433. The third-order valence-corrected chi connectivity index (χ3v) is 1.88. The van der Waals surface area contributed by atoms with Crippen LogP contribution in [0.15, 0.2) is 24.3 Å². The molecule has 3 nitrogen and oxygen atoms in total. The van der Waals surface area contributed by atoms with Crippen LogP contribution in [0.1, 0.15) is 0 Å². The minimum Gasteiger partial charge on any atom is -0.329 e. The number of hydrogen-bond acceptors (Lipinski definition) is 1. The SMILES string of the molecule is O=S=c1[nH]c2ccccc2[nH]1.[Mg]. The molecule has 2 radical (unpaired) electrons. The predicted molar refractivity (Wildman–Crippen MR) is 49.8 cm³/mol. The van der Waals surface area contributed by atoms with Crippen molar-refractivity contribution in [1.82, 2.24) is 9.97 Å². The van der Waals surface area contributed by atoms with E-state index in [1.165, 1.54) is 0 Å². The highest BCUT2D eigenvalue weighted by Crippen LogP contribution is 2.06. The minimum absolute atomic E-state index is 0. The molecule has 58 valence electrons. The van der Waals surface area contributed by atoms with Crippen LogP contribution < -0.4 is 0 Å². The Balaban J connectivity index is 0.000000720. The lowest BCUT2D eigenvalue weighted by molar-refractivity contribution is 0.699. The summed E-state index contributed by atoms with van der Waals surface area (Å²) < 4.78 is 10.9. The first-order valence-corrected chi connectivity index (χ1v) is 3.94. The first-order valence-electron chi connectivity index (χ1n) is 3.20. The van der Waals surface area contributed by atoms with Crippen LogP contribution >= 0.6 is 0 Å². The van der Waals surface area contributed by atoms with Gasteiger partial charge in [0.15, 0.2) is 0 Å². The molecule has 2 N–H and O–H groups in total. The summed E-state index contributed by atoms with van der Waals surface area (Å²) in [4.78, 5) is 5.88. The summed E-state index contributed by atoms with van der Waals surface area (Å²) in [7, 11) is 0. The van der Waals surface area contributed by atoms with Crippen LogP contribution in [0.5, 0.6) is 0 Å². The summed E-state index contributed by atoms with van der Waals surface area (Å²) in [5, 5.41) is 0. The minimum atomic E-state index is 0. The number of hydrogen-bond donors (Lipinski definition) is 2. The molecule has 5 heteroatoms. The zero-order valence-electron chi connectivity index (χ0n) is 6.33. The molecule has 0 aliphatic heterocycles. The standard InChI is InChI=1S/C7H6N2OS.Mg/c10-11-7-8-5-3-1-2-4-6(5)9-7;/h1-4,8-9H;. The van der Waals surface area contributed by atoms with Crippen LogP contribution in [0.25, 0.3) is 11.0 Å². The molecule has 12 heavy (non-hydrogen) atoms. The highest BCUT2D eigenvalue weighted by atomic mass is 32.1. The van der Waals surface area contributed by atoms with Gasteiger partial charge in [0.25, 0.3) is 0 Å². The van der Waals surface area contributed by atoms with E-state index in [9.17, 15) is 4.21 Å². The van der Waals surface area contributed by atoms with Crippen molar-refractivity contribution in [2.24, 2.45) is 0 Å². The maximum absolute atomic E-state index is 10.4. The van der Waals surface area contributed by atoms with Gasteiger partial charge in [0.2, 0.25) is 4.77 Å². The summed E-state index contributed by atoms with van der Waals surface area (Å²) in [5.41, 5.74) is 1.93. The van der Waals surface area contributed by atoms with E-state index in [-0.39, 0.29) is 23.1 Å². The lowest BCUT2D eigenvalue weighted by Crippen LogP contribution is -1.63. The van der Waals surface area contributed by atoms with Crippen LogP contribution in [0, 0.1) is 4.77 Å². The molecule has 0 spiro atoms. The molecule has 0 atom stereocenters. The monoisotopic (exact) mass is 190 g/mol. The van der Waals surface area contributed by atoms with Gasteiger partial charge >= 0.3 is 0 Å². The molecule has 0 amide bonds. The van der Waals surface area contributed by atoms with Gasteiger partial charge in [0.1, 0.15) is 11.3 Å². The van der Waals surface area contributed by atoms with E-state index in [2.05, 4.69) is 9.97 Å². The lowest BCUT2D eigenvalue weighted by atomic mass is 10.3. The Morgan fingerprint density at radius 1 is 1.08 bits per heavy atom. The first-order chi connectivity index (χ1) is 5.40. The summed E-state index contributed by atoms with van der Waals surface area (Å²) in [6.07, 6.45) is 0. The van der Waals surface area contributed by atoms with Crippen molar-refractivity contribution in [2.45, 2.75) is 0 Å². The van der Waals surface area contributed by atoms with Crippen molar-refractivity contribution in [1.29, 1.82) is 0 Å². The van der Waals surface area contributed by atoms with Gasteiger partial charge in [0.05, 0.1) is 11.0 Å².